The number of ether oxygens (including phenoxy) is 1. The fourth-order valence-electron chi connectivity index (χ4n) is 2.67. The zero-order valence-electron chi connectivity index (χ0n) is 12.3. The summed E-state index contributed by atoms with van der Waals surface area (Å²) in [5.74, 6) is 1.64. The quantitative estimate of drug-likeness (QED) is 0.811. The lowest BCUT2D eigenvalue weighted by molar-refractivity contribution is -0.116. The predicted molar refractivity (Wildman–Crippen MR) is 88.1 cm³/mol. The molecule has 0 atom stereocenters. The van der Waals surface area contributed by atoms with Gasteiger partial charge in [0.15, 0.2) is 0 Å². The number of nitrogens with one attached hydrogen (secondary N) is 1. The van der Waals surface area contributed by atoms with Gasteiger partial charge in [-0.1, -0.05) is 25.7 Å². The standard InChI is InChI=1S/C16H24N2O2.ClH/c17-11-12-20-15-8-6-14(7-9-15)18-16(19)10-5-13-3-1-2-4-13;/h6-9,13H,1-5,10-12,17H2,(H,18,19);1H. The molecule has 0 radical (unpaired) electrons. The summed E-state index contributed by atoms with van der Waals surface area (Å²) in [4.78, 5) is 11.9. The minimum Gasteiger partial charge on any atom is -0.492 e. The summed E-state index contributed by atoms with van der Waals surface area (Å²) >= 11 is 0. The summed E-state index contributed by atoms with van der Waals surface area (Å²) in [6.45, 7) is 1.01. The van der Waals surface area contributed by atoms with Crippen LogP contribution in [0.15, 0.2) is 24.3 Å². The Labute approximate surface area is 132 Å². The molecule has 0 heterocycles. The van der Waals surface area contributed by atoms with Crippen LogP contribution in [0.2, 0.25) is 0 Å². The van der Waals surface area contributed by atoms with E-state index in [0.29, 0.717) is 19.6 Å². The number of nitrogens with two attached hydrogens (primary N) is 1. The molecule has 3 N–H and O–H groups in total. The van der Waals surface area contributed by atoms with Crippen molar-refractivity contribution in [2.75, 3.05) is 18.5 Å². The Morgan fingerprint density at radius 1 is 1.24 bits per heavy atom. The molecule has 0 aromatic heterocycles. The highest BCUT2D eigenvalue weighted by Gasteiger charge is 2.16. The van der Waals surface area contributed by atoms with Gasteiger partial charge in [-0.3, -0.25) is 4.79 Å². The molecular formula is C16H25ClN2O2. The van der Waals surface area contributed by atoms with Gasteiger partial charge in [0.25, 0.3) is 0 Å². The molecule has 0 saturated heterocycles. The topological polar surface area (TPSA) is 64.3 Å². The first-order valence-corrected chi connectivity index (χ1v) is 7.50. The molecule has 1 aromatic carbocycles. The highest BCUT2D eigenvalue weighted by atomic mass is 35.5. The van der Waals surface area contributed by atoms with E-state index in [1.165, 1.54) is 25.7 Å². The van der Waals surface area contributed by atoms with E-state index in [-0.39, 0.29) is 18.3 Å². The molecule has 1 aliphatic rings. The lowest BCUT2D eigenvalue weighted by Gasteiger charge is -2.10. The molecule has 2 rings (SSSR count). The summed E-state index contributed by atoms with van der Waals surface area (Å²) in [5.41, 5.74) is 6.20. The van der Waals surface area contributed by atoms with Gasteiger partial charge in [-0.2, -0.15) is 0 Å². The molecule has 1 fully saturated rings. The van der Waals surface area contributed by atoms with Crippen LogP contribution < -0.4 is 15.8 Å². The molecule has 1 aliphatic carbocycles. The van der Waals surface area contributed by atoms with Gasteiger partial charge in [0, 0.05) is 18.7 Å². The Bertz CT molecular complexity index is 417. The Balaban J connectivity index is 0.00000220. The van der Waals surface area contributed by atoms with E-state index in [4.69, 9.17) is 10.5 Å². The Morgan fingerprint density at radius 2 is 1.90 bits per heavy atom. The first kappa shape index (κ1) is 17.8. The maximum Gasteiger partial charge on any atom is 0.224 e. The first-order chi connectivity index (χ1) is 9.78. The molecule has 118 valence electrons. The number of hydrogen-bond acceptors (Lipinski definition) is 3. The highest BCUT2D eigenvalue weighted by Crippen LogP contribution is 2.28. The lowest BCUT2D eigenvalue weighted by Crippen LogP contribution is -2.13. The van der Waals surface area contributed by atoms with E-state index in [0.717, 1.165) is 23.8 Å². The number of amides is 1. The van der Waals surface area contributed by atoms with Gasteiger partial charge in [-0.25, -0.2) is 0 Å². The van der Waals surface area contributed by atoms with E-state index in [1.54, 1.807) is 0 Å². The second-order valence-electron chi connectivity index (χ2n) is 5.40. The average Bonchev–Trinajstić information content (AvgIpc) is 2.98. The first-order valence-electron chi connectivity index (χ1n) is 7.50. The summed E-state index contributed by atoms with van der Waals surface area (Å²) in [6, 6.07) is 7.42. The molecule has 21 heavy (non-hydrogen) atoms. The smallest absolute Gasteiger partial charge is 0.224 e. The third-order valence-electron chi connectivity index (χ3n) is 3.78. The van der Waals surface area contributed by atoms with Crippen LogP contribution in [0.4, 0.5) is 5.69 Å². The summed E-state index contributed by atoms with van der Waals surface area (Å²) in [7, 11) is 0. The molecule has 0 spiro atoms. The molecule has 0 unspecified atom stereocenters. The largest absolute Gasteiger partial charge is 0.492 e. The second kappa shape index (κ2) is 9.64. The number of anilines is 1. The summed E-state index contributed by atoms with van der Waals surface area (Å²) < 4.78 is 5.39. The molecular weight excluding hydrogens is 288 g/mol. The fraction of sp³-hybridized carbons (Fsp3) is 0.562. The highest BCUT2D eigenvalue weighted by molar-refractivity contribution is 5.90. The van der Waals surface area contributed by atoms with Crippen molar-refractivity contribution in [3.05, 3.63) is 24.3 Å². The molecule has 1 saturated carbocycles. The Morgan fingerprint density at radius 3 is 2.52 bits per heavy atom. The molecule has 1 amide bonds. The van der Waals surface area contributed by atoms with Crippen molar-refractivity contribution in [3.8, 4) is 5.75 Å². The van der Waals surface area contributed by atoms with E-state index in [1.807, 2.05) is 24.3 Å². The van der Waals surface area contributed by atoms with Crippen LogP contribution in [0.1, 0.15) is 38.5 Å². The van der Waals surface area contributed by atoms with Crippen molar-refractivity contribution in [1.82, 2.24) is 0 Å². The molecule has 1 aromatic rings. The average molecular weight is 313 g/mol. The molecule has 4 nitrogen and oxygen atoms in total. The zero-order chi connectivity index (χ0) is 14.2. The van der Waals surface area contributed by atoms with Crippen molar-refractivity contribution >= 4 is 24.0 Å². The molecule has 0 bridgehead atoms. The van der Waals surface area contributed by atoms with E-state index >= 15 is 0 Å². The SMILES string of the molecule is Cl.NCCOc1ccc(NC(=O)CCC2CCCC2)cc1. The van der Waals surface area contributed by atoms with Gasteiger partial charge in [-0.15, -0.1) is 12.4 Å². The Hall–Kier alpha value is -1.26. The number of rotatable bonds is 7. The van der Waals surface area contributed by atoms with Gasteiger partial charge < -0.3 is 15.8 Å². The maximum absolute atomic E-state index is 11.9. The monoisotopic (exact) mass is 312 g/mol. The van der Waals surface area contributed by atoms with Crippen LogP contribution in [-0.2, 0) is 4.79 Å². The van der Waals surface area contributed by atoms with Crippen molar-refractivity contribution in [1.29, 1.82) is 0 Å². The van der Waals surface area contributed by atoms with Crippen LogP contribution in [0.3, 0.4) is 0 Å². The Kier molecular flexibility index (Phi) is 8.16. The third-order valence-corrected chi connectivity index (χ3v) is 3.78. The lowest BCUT2D eigenvalue weighted by atomic mass is 10.0. The van der Waals surface area contributed by atoms with Gasteiger partial charge in [-0.05, 0) is 36.6 Å². The van der Waals surface area contributed by atoms with Crippen LogP contribution in [0, 0.1) is 5.92 Å². The van der Waals surface area contributed by atoms with Crippen molar-refractivity contribution in [2.45, 2.75) is 38.5 Å². The van der Waals surface area contributed by atoms with E-state index < -0.39 is 0 Å². The van der Waals surface area contributed by atoms with Crippen LogP contribution in [-0.4, -0.2) is 19.1 Å². The number of carbonyl (C=O) groups excluding carboxylic acids is 1. The van der Waals surface area contributed by atoms with Gasteiger partial charge in [0.2, 0.25) is 5.91 Å². The van der Waals surface area contributed by atoms with Crippen molar-refractivity contribution < 1.29 is 9.53 Å². The fourth-order valence-corrected chi connectivity index (χ4v) is 2.67. The summed E-state index contributed by atoms with van der Waals surface area (Å²) in [6.07, 6.45) is 6.88. The van der Waals surface area contributed by atoms with E-state index in [9.17, 15) is 4.79 Å². The van der Waals surface area contributed by atoms with Gasteiger partial charge >= 0.3 is 0 Å². The second-order valence-corrected chi connectivity index (χ2v) is 5.40. The predicted octanol–water partition coefficient (Wildman–Crippen LogP) is 3.35. The summed E-state index contributed by atoms with van der Waals surface area (Å²) in [5, 5.41) is 2.93. The van der Waals surface area contributed by atoms with Crippen LogP contribution >= 0.6 is 12.4 Å². The van der Waals surface area contributed by atoms with Crippen LogP contribution in [0.25, 0.3) is 0 Å². The third kappa shape index (κ3) is 6.36. The van der Waals surface area contributed by atoms with Crippen LogP contribution in [0.5, 0.6) is 5.75 Å². The molecule has 0 aliphatic heterocycles. The number of halogens is 1. The van der Waals surface area contributed by atoms with Gasteiger partial charge in [0.1, 0.15) is 12.4 Å². The maximum atomic E-state index is 11.9. The van der Waals surface area contributed by atoms with E-state index in [2.05, 4.69) is 5.32 Å². The number of hydrogen-bond donors (Lipinski definition) is 2. The number of carbonyl (C=O) groups is 1. The van der Waals surface area contributed by atoms with Gasteiger partial charge in [0.05, 0.1) is 0 Å². The molecule has 5 heteroatoms. The minimum absolute atomic E-state index is 0. The number of benzene rings is 1. The van der Waals surface area contributed by atoms with Crippen molar-refractivity contribution in [2.24, 2.45) is 11.7 Å². The minimum atomic E-state index is 0. The zero-order valence-corrected chi connectivity index (χ0v) is 13.2. The van der Waals surface area contributed by atoms with Crippen molar-refractivity contribution in [3.63, 3.8) is 0 Å². The normalized spacial score (nSPS) is 14.5.